The van der Waals surface area contributed by atoms with Crippen molar-refractivity contribution in [2.24, 2.45) is 0 Å². The van der Waals surface area contributed by atoms with Crippen LogP contribution >= 0.6 is 11.6 Å². The number of benzene rings is 2. The van der Waals surface area contributed by atoms with E-state index >= 15 is 0 Å². The van der Waals surface area contributed by atoms with E-state index in [4.69, 9.17) is 21.1 Å². The van der Waals surface area contributed by atoms with Crippen LogP contribution in [0.15, 0.2) is 79.1 Å². The molecule has 0 unspecified atom stereocenters. The third-order valence-corrected chi connectivity index (χ3v) is 5.07. The average molecular weight is 449 g/mol. The molecule has 0 spiro atoms. The van der Waals surface area contributed by atoms with Crippen LogP contribution in [-0.2, 0) is 13.2 Å². The van der Waals surface area contributed by atoms with Gasteiger partial charge in [-0.25, -0.2) is 0 Å². The van der Waals surface area contributed by atoms with Gasteiger partial charge in [-0.2, -0.15) is 5.10 Å². The second-order valence-electron chi connectivity index (χ2n) is 6.92. The molecule has 1 amide bonds. The van der Waals surface area contributed by atoms with Gasteiger partial charge in [0.2, 0.25) is 0 Å². The molecular weight excluding hydrogens is 428 g/mol. The molecule has 162 valence electrons. The van der Waals surface area contributed by atoms with Crippen molar-refractivity contribution >= 4 is 23.3 Å². The van der Waals surface area contributed by atoms with E-state index in [-0.39, 0.29) is 12.5 Å². The maximum atomic E-state index is 12.7. The number of ether oxygens (including phenoxy) is 2. The van der Waals surface area contributed by atoms with Gasteiger partial charge in [0.1, 0.15) is 6.61 Å². The molecule has 0 bridgehead atoms. The molecule has 0 saturated heterocycles. The molecule has 0 saturated carbocycles. The standard InChI is InChI=1S/C24H21ClN4O3/c1-31-22-14-17(9-10-21(22)32-16-18-6-2-3-8-20(18)25)24(30)27-23-11-13-29(28-23)15-19-7-4-5-12-26-19/h2-14H,15-16H2,1H3,(H,27,28,30). The number of aromatic nitrogens is 3. The predicted octanol–water partition coefficient (Wildman–Crippen LogP) is 4.82. The van der Waals surface area contributed by atoms with Gasteiger partial charge in [-0.3, -0.25) is 14.5 Å². The van der Waals surface area contributed by atoms with Crippen LogP contribution in [0.5, 0.6) is 11.5 Å². The van der Waals surface area contributed by atoms with Crippen LogP contribution in [-0.4, -0.2) is 27.8 Å². The Kier molecular flexibility index (Phi) is 6.67. The Balaban J connectivity index is 1.41. The van der Waals surface area contributed by atoms with Gasteiger partial charge in [0.05, 0.1) is 19.3 Å². The van der Waals surface area contributed by atoms with Crippen molar-refractivity contribution in [3.63, 3.8) is 0 Å². The summed E-state index contributed by atoms with van der Waals surface area (Å²) in [5, 5.41) is 7.80. The summed E-state index contributed by atoms with van der Waals surface area (Å²) in [5.74, 6) is 1.11. The summed E-state index contributed by atoms with van der Waals surface area (Å²) >= 11 is 6.18. The highest BCUT2D eigenvalue weighted by Gasteiger charge is 2.13. The molecule has 2 aromatic heterocycles. The monoisotopic (exact) mass is 448 g/mol. The van der Waals surface area contributed by atoms with Gasteiger partial charge in [0, 0.05) is 34.6 Å². The maximum absolute atomic E-state index is 12.7. The first-order chi connectivity index (χ1) is 15.6. The van der Waals surface area contributed by atoms with Gasteiger partial charge in [-0.05, 0) is 36.4 Å². The van der Waals surface area contributed by atoms with E-state index in [1.165, 1.54) is 7.11 Å². The van der Waals surface area contributed by atoms with Crippen LogP contribution in [0.1, 0.15) is 21.6 Å². The number of halogens is 1. The summed E-state index contributed by atoms with van der Waals surface area (Å²) in [6.07, 6.45) is 3.52. The minimum Gasteiger partial charge on any atom is -0.493 e. The second-order valence-corrected chi connectivity index (χ2v) is 7.33. The minimum atomic E-state index is -0.302. The Morgan fingerprint density at radius 2 is 1.91 bits per heavy atom. The highest BCUT2D eigenvalue weighted by molar-refractivity contribution is 6.31. The molecule has 2 heterocycles. The van der Waals surface area contributed by atoms with Crippen LogP contribution in [0.2, 0.25) is 5.02 Å². The van der Waals surface area contributed by atoms with Crippen LogP contribution in [0.3, 0.4) is 0 Å². The Morgan fingerprint density at radius 3 is 2.69 bits per heavy atom. The van der Waals surface area contributed by atoms with Gasteiger partial charge in [-0.15, -0.1) is 0 Å². The van der Waals surface area contributed by atoms with Crippen LogP contribution < -0.4 is 14.8 Å². The topological polar surface area (TPSA) is 78.3 Å². The van der Waals surface area contributed by atoms with Crippen molar-refractivity contribution in [3.8, 4) is 11.5 Å². The largest absolute Gasteiger partial charge is 0.493 e. The van der Waals surface area contributed by atoms with Crippen molar-refractivity contribution < 1.29 is 14.3 Å². The van der Waals surface area contributed by atoms with E-state index < -0.39 is 0 Å². The van der Waals surface area contributed by atoms with E-state index in [2.05, 4.69) is 15.4 Å². The summed E-state index contributed by atoms with van der Waals surface area (Å²) in [6.45, 7) is 0.803. The fraction of sp³-hybridized carbons (Fsp3) is 0.125. The molecule has 4 rings (SSSR count). The zero-order valence-corrected chi connectivity index (χ0v) is 18.1. The Morgan fingerprint density at radius 1 is 1.06 bits per heavy atom. The van der Waals surface area contributed by atoms with Gasteiger partial charge < -0.3 is 14.8 Å². The Hall–Kier alpha value is -3.84. The maximum Gasteiger partial charge on any atom is 0.257 e. The summed E-state index contributed by atoms with van der Waals surface area (Å²) in [5.41, 5.74) is 2.16. The first kappa shape index (κ1) is 21.4. The van der Waals surface area contributed by atoms with Crippen molar-refractivity contribution in [1.82, 2.24) is 14.8 Å². The van der Waals surface area contributed by atoms with Crippen LogP contribution in [0.25, 0.3) is 0 Å². The number of methoxy groups -OCH3 is 1. The molecule has 0 aliphatic rings. The molecule has 0 aliphatic carbocycles. The zero-order valence-electron chi connectivity index (χ0n) is 17.4. The van der Waals surface area contributed by atoms with Crippen molar-refractivity contribution in [1.29, 1.82) is 0 Å². The van der Waals surface area contributed by atoms with Gasteiger partial charge in [0.15, 0.2) is 17.3 Å². The number of amides is 1. The minimum absolute atomic E-state index is 0.287. The summed E-state index contributed by atoms with van der Waals surface area (Å²) in [4.78, 5) is 17.0. The molecule has 32 heavy (non-hydrogen) atoms. The molecular formula is C24H21ClN4O3. The quantitative estimate of drug-likeness (QED) is 0.418. The lowest BCUT2D eigenvalue weighted by Crippen LogP contribution is -2.13. The first-order valence-corrected chi connectivity index (χ1v) is 10.3. The van der Waals surface area contributed by atoms with E-state index in [0.717, 1.165) is 11.3 Å². The van der Waals surface area contributed by atoms with Crippen molar-refractivity contribution in [3.05, 3.63) is 101 Å². The summed E-state index contributed by atoms with van der Waals surface area (Å²) < 4.78 is 13.0. The third-order valence-electron chi connectivity index (χ3n) is 4.70. The molecule has 7 nitrogen and oxygen atoms in total. The van der Waals surface area contributed by atoms with E-state index in [1.54, 1.807) is 41.3 Å². The predicted molar refractivity (Wildman–Crippen MR) is 122 cm³/mol. The summed E-state index contributed by atoms with van der Waals surface area (Å²) in [6, 6.07) is 19.9. The highest BCUT2D eigenvalue weighted by atomic mass is 35.5. The van der Waals surface area contributed by atoms with Gasteiger partial charge in [-0.1, -0.05) is 35.9 Å². The number of pyridine rings is 1. The molecule has 1 N–H and O–H groups in total. The fourth-order valence-electron chi connectivity index (χ4n) is 3.06. The fourth-order valence-corrected chi connectivity index (χ4v) is 3.25. The molecule has 0 fully saturated rings. The lowest BCUT2D eigenvalue weighted by atomic mass is 10.2. The lowest BCUT2D eigenvalue weighted by Gasteiger charge is -2.13. The SMILES string of the molecule is COc1cc(C(=O)Nc2ccn(Cc3ccccn3)n2)ccc1OCc1ccccc1Cl. The number of nitrogens with zero attached hydrogens (tertiary/aromatic N) is 3. The number of carbonyl (C=O) groups excluding carboxylic acids is 1. The van der Waals surface area contributed by atoms with Crippen molar-refractivity contribution in [2.45, 2.75) is 13.2 Å². The number of rotatable bonds is 8. The molecule has 8 heteroatoms. The molecule has 0 radical (unpaired) electrons. The van der Waals surface area contributed by atoms with E-state index in [0.29, 0.717) is 34.4 Å². The van der Waals surface area contributed by atoms with Crippen LogP contribution in [0, 0.1) is 0 Å². The number of hydrogen-bond acceptors (Lipinski definition) is 5. The van der Waals surface area contributed by atoms with E-state index in [9.17, 15) is 4.79 Å². The normalized spacial score (nSPS) is 10.6. The van der Waals surface area contributed by atoms with Crippen molar-refractivity contribution in [2.75, 3.05) is 12.4 Å². The Bertz CT molecular complexity index is 1210. The van der Waals surface area contributed by atoms with E-state index in [1.807, 2.05) is 42.5 Å². The Labute approximate surface area is 190 Å². The molecule has 0 atom stereocenters. The lowest BCUT2D eigenvalue weighted by molar-refractivity contribution is 0.102. The van der Waals surface area contributed by atoms with Crippen LogP contribution in [0.4, 0.5) is 5.82 Å². The molecule has 4 aromatic rings. The first-order valence-electron chi connectivity index (χ1n) is 9.91. The second kappa shape index (κ2) is 9.98. The number of nitrogens with one attached hydrogen (secondary N) is 1. The summed E-state index contributed by atoms with van der Waals surface area (Å²) in [7, 11) is 1.53. The number of hydrogen-bond donors (Lipinski definition) is 1. The zero-order chi connectivity index (χ0) is 22.3. The smallest absolute Gasteiger partial charge is 0.257 e. The number of carbonyl (C=O) groups is 1. The van der Waals surface area contributed by atoms with Gasteiger partial charge >= 0.3 is 0 Å². The number of anilines is 1. The van der Waals surface area contributed by atoms with Gasteiger partial charge in [0.25, 0.3) is 5.91 Å². The average Bonchev–Trinajstić information content (AvgIpc) is 3.25. The highest BCUT2D eigenvalue weighted by Crippen LogP contribution is 2.30. The molecule has 0 aliphatic heterocycles. The third kappa shape index (κ3) is 5.25. The molecule has 2 aromatic carbocycles.